The molecule has 2 fully saturated rings. The van der Waals surface area contributed by atoms with E-state index in [0.717, 1.165) is 70.1 Å². The molecule has 0 atom stereocenters. The van der Waals surface area contributed by atoms with E-state index in [0.29, 0.717) is 5.69 Å². The van der Waals surface area contributed by atoms with E-state index in [9.17, 15) is 13.2 Å². The monoisotopic (exact) mass is 497 g/mol. The SMILES string of the molecule is C=C(CC1CCC(CCN2CCN(c3cccc(C(F)(F)F)c3)CC2)CC1)N1Cc2ccccc2C1. The molecule has 2 aromatic rings. The summed E-state index contributed by atoms with van der Waals surface area (Å²) < 4.78 is 39.1. The summed E-state index contributed by atoms with van der Waals surface area (Å²) in [6, 6.07) is 14.5. The number of hydrogen-bond donors (Lipinski definition) is 0. The molecule has 194 valence electrons. The highest BCUT2D eigenvalue weighted by molar-refractivity contribution is 5.49. The van der Waals surface area contributed by atoms with Crippen molar-refractivity contribution in [1.82, 2.24) is 9.80 Å². The van der Waals surface area contributed by atoms with E-state index >= 15 is 0 Å². The standard InChI is InChI=1S/C30H38F3N3/c1-23(36-21-26-5-2-3-6-27(26)22-36)19-25-11-9-24(10-12-25)13-14-34-15-17-35(18-16-34)29-8-4-7-28(20-29)30(31,32)33/h2-8,20,24-25H,1,9-19,21-22H2. The molecule has 0 unspecified atom stereocenters. The lowest BCUT2D eigenvalue weighted by molar-refractivity contribution is -0.137. The first-order valence-electron chi connectivity index (χ1n) is 13.5. The molecule has 0 amide bonds. The topological polar surface area (TPSA) is 9.72 Å². The molecule has 5 rings (SSSR count). The van der Waals surface area contributed by atoms with Crippen LogP contribution in [0.5, 0.6) is 0 Å². The lowest BCUT2D eigenvalue weighted by Gasteiger charge is -2.37. The van der Waals surface area contributed by atoms with Crippen LogP contribution in [0.3, 0.4) is 0 Å². The van der Waals surface area contributed by atoms with Crippen LogP contribution in [0.25, 0.3) is 0 Å². The number of piperazine rings is 1. The van der Waals surface area contributed by atoms with Gasteiger partial charge in [-0.1, -0.05) is 49.8 Å². The molecule has 0 bridgehead atoms. The Hall–Kier alpha value is -2.47. The van der Waals surface area contributed by atoms with E-state index in [2.05, 4.69) is 45.5 Å². The zero-order chi connectivity index (χ0) is 25.1. The van der Waals surface area contributed by atoms with Crippen molar-refractivity contribution in [2.24, 2.45) is 11.8 Å². The van der Waals surface area contributed by atoms with Crippen LogP contribution in [0.2, 0.25) is 0 Å². The fourth-order valence-corrected chi connectivity index (χ4v) is 6.22. The number of fused-ring (bicyclic) bond motifs is 1. The van der Waals surface area contributed by atoms with E-state index in [1.54, 1.807) is 6.07 Å². The predicted octanol–water partition coefficient (Wildman–Crippen LogP) is 6.94. The van der Waals surface area contributed by atoms with Gasteiger partial charge in [0.2, 0.25) is 0 Å². The Morgan fingerprint density at radius 3 is 2.11 bits per heavy atom. The third-order valence-electron chi connectivity index (χ3n) is 8.54. The average Bonchev–Trinajstić information content (AvgIpc) is 3.33. The van der Waals surface area contributed by atoms with Crippen LogP contribution in [0.4, 0.5) is 18.9 Å². The minimum absolute atomic E-state index is 0.563. The summed E-state index contributed by atoms with van der Waals surface area (Å²) in [7, 11) is 0. The Labute approximate surface area is 213 Å². The van der Waals surface area contributed by atoms with E-state index < -0.39 is 11.7 Å². The maximum absolute atomic E-state index is 13.0. The summed E-state index contributed by atoms with van der Waals surface area (Å²) in [5.41, 5.74) is 4.30. The maximum atomic E-state index is 13.0. The highest BCUT2D eigenvalue weighted by atomic mass is 19.4. The maximum Gasteiger partial charge on any atom is 0.416 e. The number of anilines is 1. The Kier molecular flexibility index (Phi) is 7.61. The molecule has 0 N–H and O–H groups in total. The van der Waals surface area contributed by atoms with Crippen molar-refractivity contribution in [1.29, 1.82) is 0 Å². The number of benzene rings is 2. The van der Waals surface area contributed by atoms with Crippen LogP contribution in [-0.4, -0.2) is 42.5 Å². The molecule has 3 aliphatic rings. The van der Waals surface area contributed by atoms with Crippen molar-refractivity contribution in [3.05, 3.63) is 77.5 Å². The Bertz CT molecular complexity index is 1010. The minimum atomic E-state index is -4.29. The van der Waals surface area contributed by atoms with Crippen LogP contribution in [0.1, 0.15) is 55.2 Å². The highest BCUT2D eigenvalue weighted by Gasteiger charge is 2.31. The minimum Gasteiger partial charge on any atom is -0.369 e. The molecule has 2 aliphatic heterocycles. The molecular formula is C30H38F3N3. The second kappa shape index (κ2) is 10.9. The van der Waals surface area contributed by atoms with Crippen molar-refractivity contribution in [3.63, 3.8) is 0 Å². The first-order chi connectivity index (χ1) is 17.3. The van der Waals surface area contributed by atoms with Crippen molar-refractivity contribution >= 4 is 5.69 Å². The van der Waals surface area contributed by atoms with Gasteiger partial charge < -0.3 is 9.80 Å². The summed E-state index contributed by atoms with van der Waals surface area (Å²) >= 11 is 0. The van der Waals surface area contributed by atoms with Gasteiger partial charge >= 0.3 is 6.18 Å². The van der Waals surface area contributed by atoms with E-state index in [-0.39, 0.29) is 0 Å². The fourth-order valence-electron chi connectivity index (χ4n) is 6.22. The van der Waals surface area contributed by atoms with E-state index in [1.165, 1.54) is 61.1 Å². The normalized spacial score (nSPS) is 23.1. The second-order valence-corrected chi connectivity index (χ2v) is 10.9. The van der Waals surface area contributed by atoms with Crippen LogP contribution in [-0.2, 0) is 19.3 Å². The summed E-state index contributed by atoms with van der Waals surface area (Å²) in [6.07, 6.45) is 3.29. The smallest absolute Gasteiger partial charge is 0.369 e. The molecule has 0 spiro atoms. The zero-order valence-electron chi connectivity index (χ0n) is 21.1. The molecule has 36 heavy (non-hydrogen) atoms. The summed E-state index contributed by atoms with van der Waals surface area (Å²) in [6.45, 7) is 11.0. The number of rotatable bonds is 7. The largest absolute Gasteiger partial charge is 0.416 e. The number of hydrogen-bond acceptors (Lipinski definition) is 3. The molecule has 1 saturated carbocycles. The number of alkyl halides is 3. The first-order valence-corrected chi connectivity index (χ1v) is 13.5. The molecule has 1 aliphatic carbocycles. The summed E-state index contributed by atoms with van der Waals surface area (Å²) in [5.74, 6) is 1.56. The van der Waals surface area contributed by atoms with Gasteiger partial charge in [-0.05, 0) is 73.4 Å². The molecular weight excluding hydrogens is 459 g/mol. The molecule has 6 heteroatoms. The lowest BCUT2D eigenvalue weighted by atomic mass is 9.78. The number of allylic oxidation sites excluding steroid dienone is 1. The Balaban J connectivity index is 0.998. The summed E-state index contributed by atoms with van der Waals surface area (Å²) in [5, 5.41) is 0. The van der Waals surface area contributed by atoms with Gasteiger partial charge in [0.15, 0.2) is 0 Å². The first kappa shape index (κ1) is 25.2. The van der Waals surface area contributed by atoms with Gasteiger partial charge in [0.25, 0.3) is 0 Å². The Morgan fingerprint density at radius 1 is 0.833 bits per heavy atom. The number of halogens is 3. The fraction of sp³-hybridized carbons (Fsp3) is 0.533. The van der Waals surface area contributed by atoms with Crippen molar-refractivity contribution < 1.29 is 13.2 Å². The van der Waals surface area contributed by atoms with E-state index in [1.807, 2.05) is 0 Å². The average molecular weight is 498 g/mol. The van der Waals surface area contributed by atoms with Crippen molar-refractivity contribution in [2.75, 3.05) is 37.6 Å². The van der Waals surface area contributed by atoms with Gasteiger partial charge in [-0.2, -0.15) is 13.2 Å². The Morgan fingerprint density at radius 2 is 1.47 bits per heavy atom. The van der Waals surface area contributed by atoms with Gasteiger partial charge in [0.1, 0.15) is 0 Å². The van der Waals surface area contributed by atoms with Crippen molar-refractivity contribution in [2.45, 2.75) is 57.8 Å². The molecule has 0 aromatic heterocycles. The molecule has 2 heterocycles. The molecule has 2 aromatic carbocycles. The van der Waals surface area contributed by atoms with Crippen LogP contribution < -0.4 is 4.90 Å². The number of nitrogens with zero attached hydrogens (tertiary/aromatic N) is 3. The zero-order valence-corrected chi connectivity index (χ0v) is 21.1. The van der Waals surface area contributed by atoms with Crippen LogP contribution >= 0.6 is 0 Å². The van der Waals surface area contributed by atoms with Gasteiger partial charge in [-0.3, -0.25) is 4.90 Å². The van der Waals surface area contributed by atoms with Crippen molar-refractivity contribution in [3.8, 4) is 0 Å². The van der Waals surface area contributed by atoms with Gasteiger partial charge in [0.05, 0.1) is 5.56 Å². The lowest BCUT2D eigenvalue weighted by Crippen LogP contribution is -2.47. The second-order valence-electron chi connectivity index (χ2n) is 10.9. The molecule has 1 saturated heterocycles. The van der Waals surface area contributed by atoms with E-state index in [4.69, 9.17) is 0 Å². The van der Waals surface area contributed by atoms with Crippen LogP contribution in [0.15, 0.2) is 60.8 Å². The quantitative estimate of drug-likeness (QED) is 0.410. The van der Waals surface area contributed by atoms with Gasteiger partial charge in [0, 0.05) is 50.7 Å². The van der Waals surface area contributed by atoms with Crippen LogP contribution in [0, 0.1) is 11.8 Å². The van der Waals surface area contributed by atoms with Gasteiger partial charge in [-0.25, -0.2) is 0 Å². The highest BCUT2D eigenvalue weighted by Crippen LogP contribution is 2.36. The molecule has 0 radical (unpaired) electrons. The van der Waals surface area contributed by atoms with Gasteiger partial charge in [-0.15, -0.1) is 0 Å². The third kappa shape index (κ3) is 6.08. The predicted molar refractivity (Wildman–Crippen MR) is 140 cm³/mol. The molecule has 3 nitrogen and oxygen atoms in total. The third-order valence-corrected chi connectivity index (χ3v) is 8.54. The summed E-state index contributed by atoms with van der Waals surface area (Å²) in [4.78, 5) is 7.03.